The molecule has 0 aliphatic carbocycles. The lowest BCUT2D eigenvalue weighted by molar-refractivity contribution is 0.370. The quantitative estimate of drug-likeness (QED) is 0.478. The molecule has 0 aliphatic heterocycles. The van der Waals surface area contributed by atoms with Crippen molar-refractivity contribution in [2.75, 3.05) is 6.61 Å². The Morgan fingerprint density at radius 2 is 1.81 bits per heavy atom. The normalized spacial score (nSPS) is 10.5. The van der Waals surface area contributed by atoms with Crippen molar-refractivity contribution in [1.82, 2.24) is 0 Å². The van der Waals surface area contributed by atoms with Crippen LogP contribution < -0.4 is 4.74 Å². The van der Waals surface area contributed by atoms with Crippen LogP contribution in [-0.4, -0.2) is 6.61 Å². The molecule has 2 heteroatoms. The van der Waals surface area contributed by atoms with E-state index in [1.54, 1.807) is 0 Å². The van der Waals surface area contributed by atoms with Gasteiger partial charge < -0.3 is 4.74 Å². The summed E-state index contributed by atoms with van der Waals surface area (Å²) in [6.07, 6.45) is 7.00. The van der Waals surface area contributed by atoms with Crippen LogP contribution in [0.4, 0.5) is 0 Å². The van der Waals surface area contributed by atoms with Crippen molar-refractivity contribution in [1.29, 1.82) is 5.26 Å². The maximum Gasteiger partial charge on any atom is 0.148 e. The van der Waals surface area contributed by atoms with Gasteiger partial charge in [0.1, 0.15) is 12.4 Å². The molecule has 0 N–H and O–H groups in total. The van der Waals surface area contributed by atoms with Crippen LogP contribution in [0.2, 0.25) is 0 Å². The van der Waals surface area contributed by atoms with E-state index < -0.39 is 0 Å². The van der Waals surface area contributed by atoms with Gasteiger partial charge in [0.2, 0.25) is 0 Å². The van der Waals surface area contributed by atoms with E-state index in [-0.39, 0.29) is 6.61 Å². The van der Waals surface area contributed by atoms with Crippen molar-refractivity contribution in [3.8, 4) is 24.2 Å². The maximum absolute atomic E-state index is 9.32. The molecule has 0 saturated heterocycles. The fraction of sp³-hybridized carbons (Fsp3) is 0.105. The fourth-order valence-corrected chi connectivity index (χ4v) is 1.87. The van der Waals surface area contributed by atoms with E-state index >= 15 is 0 Å². The molecule has 0 unspecified atom stereocenters. The average molecular weight is 273 g/mol. The topological polar surface area (TPSA) is 33.0 Å². The molecular weight excluding hydrogens is 258 g/mol. The number of rotatable bonds is 4. The molecule has 0 bridgehead atoms. The van der Waals surface area contributed by atoms with Crippen LogP contribution in [0, 0.1) is 30.6 Å². The zero-order chi connectivity index (χ0) is 15.1. The van der Waals surface area contributed by atoms with Gasteiger partial charge in [-0.2, -0.15) is 5.26 Å². The molecule has 21 heavy (non-hydrogen) atoms. The molecule has 0 aromatic heterocycles. The lowest BCUT2D eigenvalue weighted by atomic mass is 10.0. The number of benzene rings is 2. The Bertz CT molecular complexity index is 710. The zero-order valence-corrected chi connectivity index (χ0v) is 11.8. The van der Waals surface area contributed by atoms with Gasteiger partial charge in [0.25, 0.3) is 0 Å². The first-order valence-electron chi connectivity index (χ1n) is 6.58. The van der Waals surface area contributed by atoms with Gasteiger partial charge in [-0.15, -0.1) is 6.42 Å². The molecule has 0 fully saturated rings. The Hall–Kier alpha value is -2.97. The highest BCUT2D eigenvalue weighted by molar-refractivity contribution is 5.89. The Morgan fingerprint density at radius 1 is 1.14 bits per heavy atom. The van der Waals surface area contributed by atoms with Crippen LogP contribution >= 0.6 is 0 Å². The second-order valence-corrected chi connectivity index (χ2v) is 4.60. The molecule has 2 aromatic rings. The van der Waals surface area contributed by atoms with Gasteiger partial charge in [-0.05, 0) is 36.3 Å². The number of nitrogens with zero attached hydrogens (tertiary/aromatic N) is 1. The fourth-order valence-electron chi connectivity index (χ4n) is 1.87. The van der Waals surface area contributed by atoms with E-state index in [4.69, 9.17) is 11.2 Å². The van der Waals surface area contributed by atoms with E-state index in [0.29, 0.717) is 5.57 Å². The Balaban J connectivity index is 2.22. The predicted molar refractivity (Wildman–Crippen MR) is 85.4 cm³/mol. The number of aryl methyl sites for hydroxylation is 1. The molecule has 0 aliphatic rings. The van der Waals surface area contributed by atoms with Gasteiger partial charge in [-0.25, -0.2) is 0 Å². The highest BCUT2D eigenvalue weighted by Gasteiger charge is 2.01. The van der Waals surface area contributed by atoms with Gasteiger partial charge in [-0.3, -0.25) is 0 Å². The van der Waals surface area contributed by atoms with Crippen molar-refractivity contribution in [3.05, 3.63) is 65.2 Å². The molecule has 2 rings (SSSR count). The summed E-state index contributed by atoms with van der Waals surface area (Å²) in [6, 6.07) is 17.6. The highest BCUT2D eigenvalue weighted by atomic mass is 16.5. The minimum absolute atomic E-state index is 0.252. The van der Waals surface area contributed by atoms with Crippen molar-refractivity contribution in [2.45, 2.75) is 6.92 Å². The Morgan fingerprint density at radius 3 is 2.38 bits per heavy atom. The molecule has 2 nitrogen and oxygen atoms in total. The number of allylic oxidation sites excluding steroid dienone is 1. The summed E-state index contributed by atoms with van der Waals surface area (Å²) in [6.45, 7) is 2.27. The van der Waals surface area contributed by atoms with Crippen LogP contribution in [0.5, 0.6) is 5.75 Å². The molecule has 0 radical (unpaired) electrons. The first-order valence-corrected chi connectivity index (χ1v) is 6.58. The maximum atomic E-state index is 9.32. The number of hydrogen-bond acceptors (Lipinski definition) is 2. The summed E-state index contributed by atoms with van der Waals surface area (Å²) in [5.74, 6) is 3.14. The average Bonchev–Trinajstić information content (AvgIpc) is 2.53. The van der Waals surface area contributed by atoms with E-state index in [9.17, 15) is 5.26 Å². The molecule has 0 heterocycles. The minimum Gasteiger partial charge on any atom is -0.481 e. The summed E-state index contributed by atoms with van der Waals surface area (Å²) in [4.78, 5) is 0. The zero-order valence-electron chi connectivity index (χ0n) is 11.8. The molecule has 0 saturated carbocycles. The van der Waals surface area contributed by atoms with E-state index in [1.807, 2.05) is 61.5 Å². The number of terminal acetylenes is 1. The van der Waals surface area contributed by atoms with Gasteiger partial charge in [0.15, 0.2) is 0 Å². The molecule has 102 valence electrons. The number of hydrogen-bond donors (Lipinski definition) is 0. The van der Waals surface area contributed by atoms with Gasteiger partial charge >= 0.3 is 0 Å². The summed E-state index contributed by atoms with van der Waals surface area (Å²) < 4.78 is 5.32. The monoisotopic (exact) mass is 273 g/mol. The van der Waals surface area contributed by atoms with E-state index in [2.05, 4.69) is 12.0 Å². The van der Waals surface area contributed by atoms with Crippen molar-refractivity contribution in [2.24, 2.45) is 0 Å². The predicted octanol–water partition coefficient (Wildman–Crippen LogP) is 4.07. The lowest BCUT2D eigenvalue weighted by Crippen LogP contribution is -1.92. The van der Waals surface area contributed by atoms with Crippen LogP contribution in [0.15, 0.2) is 48.5 Å². The number of ether oxygens (including phenoxy) is 1. The third kappa shape index (κ3) is 4.00. The molecule has 2 aromatic carbocycles. The Kier molecular flexibility index (Phi) is 4.80. The van der Waals surface area contributed by atoms with E-state index in [1.165, 1.54) is 5.56 Å². The third-order valence-electron chi connectivity index (χ3n) is 3.00. The molecular formula is C19H15NO. The molecule has 0 spiro atoms. The smallest absolute Gasteiger partial charge is 0.148 e. The largest absolute Gasteiger partial charge is 0.481 e. The van der Waals surface area contributed by atoms with Crippen LogP contribution in [0.3, 0.4) is 0 Å². The van der Waals surface area contributed by atoms with Gasteiger partial charge in [0.05, 0.1) is 11.6 Å². The van der Waals surface area contributed by atoms with Crippen LogP contribution in [-0.2, 0) is 0 Å². The van der Waals surface area contributed by atoms with Crippen molar-refractivity contribution < 1.29 is 4.74 Å². The van der Waals surface area contributed by atoms with Gasteiger partial charge in [-0.1, -0.05) is 47.9 Å². The standard InChI is InChI=1S/C19H15NO/c1-3-12-21-19-10-6-16(7-11-19)13-18(14-20)17-8-4-15(2)5-9-17/h1,4-11,13H,12H2,2H3/b18-13-. The summed E-state index contributed by atoms with van der Waals surface area (Å²) in [5, 5.41) is 9.32. The highest BCUT2D eigenvalue weighted by Crippen LogP contribution is 2.20. The van der Waals surface area contributed by atoms with E-state index in [0.717, 1.165) is 16.9 Å². The summed E-state index contributed by atoms with van der Waals surface area (Å²) >= 11 is 0. The second-order valence-electron chi connectivity index (χ2n) is 4.60. The second kappa shape index (κ2) is 6.98. The molecule has 0 amide bonds. The van der Waals surface area contributed by atoms with Gasteiger partial charge in [0, 0.05) is 0 Å². The first kappa shape index (κ1) is 14.4. The van der Waals surface area contributed by atoms with Crippen molar-refractivity contribution >= 4 is 11.6 Å². The third-order valence-corrected chi connectivity index (χ3v) is 3.00. The Labute approximate surface area is 125 Å². The minimum atomic E-state index is 0.252. The van der Waals surface area contributed by atoms with Crippen LogP contribution in [0.1, 0.15) is 16.7 Å². The SMILES string of the molecule is C#CCOc1ccc(/C=C(/C#N)c2ccc(C)cc2)cc1. The summed E-state index contributed by atoms with van der Waals surface area (Å²) in [5.41, 5.74) is 3.66. The number of nitriles is 1. The lowest BCUT2D eigenvalue weighted by Gasteiger charge is -2.03. The van der Waals surface area contributed by atoms with Crippen LogP contribution in [0.25, 0.3) is 11.6 Å². The van der Waals surface area contributed by atoms with Crippen molar-refractivity contribution in [3.63, 3.8) is 0 Å². The summed E-state index contributed by atoms with van der Waals surface area (Å²) in [7, 11) is 0. The first-order chi connectivity index (χ1) is 10.2. The molecule has 0 atom stereocenters.